The summed E-state index contributed by atoms with van der Waals surface area (Å²) in [4.78, 5) is 27.0. The predicted molar refractivity (Wildman–Crippen MR) is 112 cm³/mol. The average molecular weight is 411 g/mol. The van der Waals surface area contributed by atoms with Crippen LogP contribution in [-0.2, 0) is 9.59 Å². The third kappa shape index (κ3) is 3.58. The van der Waals surface area contributed by atoms with Gasteiger partial charge < -0.3 is 19.7 Å². The van der Waals surface area contributed by atoms with Crippen LogP contribution in [0.5, 0.6) is 17.2 Å². The number of hydrogen-bond acceptors (Lipinski definition) is 6. The SMILES string of the molecule is CCOc1cc(C2C(C(=O)CC)=C(O)C(=O)N2c2cc(C)ccc2O)ccc1OC. The fraction of sp³-hybridized carbons (Fsp3) is 0.304. The number of ketones is 1. The Labute approximate surface area is 175 Å². The van der Waals surface area contributed by atoms with Crippen molar-refractivity contribution in [3.8, 4) is 17.2 Å². The summed E-state index contributed by atoms with van der Waals surface area (Å²) in [5.41, 5.74) is 1.57. The van der Waals surface area contributed by atoms with Crippen LogP contribution >= 0.6 is 0 Å². The number of Topliss-reactive ketones (excluding diaryl/α,β-unsaturated/α-hetero) is 1. The fourth-order valence-corrected chi connectivity index (χ4v) is 3.60. The molecule has 0 radical (unpaired) electrons. The molecule has 0 saturated heterocycles. The number of phenolic OH excluding ortho intramolecular Hbond substituents is 1. The summed E-state index contributed by atoms with van der Waals surface area (Å²) in [6.45, 7) is 5.72. The van der Waals surface area contributed by atoms with E-state index in [2.05, 4.69) is 0 Å². The minimum atomic E-state index is -0.914. The van der Waals surface area contributed by atoms with E-state index in [1.807, 2.05) is 13.8 Å². The topological polar surface area (TPSA) is 96.3 Å². The number of aromatic hydroxyl groups is 1. The monoisotopic (exact) mass is 411 g/mol. The minimum absolute atomic E-state index is 0.00368. The van der Waals surface area contributed by atoms with E-state index in [0.29, 0.717) is 23.7 Å². The normalized spacial score (nSPS) is 16.2. The molecule has 1 amide bonds. The van der Waals surface area contributed by atoms with Crippen LogP contribution < -0.4 is 14.4 Å². The van der Waals surface area contributed by atoms with Crippen molar-refractivity contribution in [2.45, 2.75) is 33.2 Å². The molecule has 30 heavy (non-hydrogen) atoms. The van der Waals surface area contributed by atoms with E-state index in [4.69, 9.17) is 9.47 Å². The molecule has 2 aromatic carbocycles. The molecule has 0 bridgehead atoms. The highest BCUT2D eigenvalue weighted by atomic mass is 16.5. The Kier molecular flexibility index (Phi) is 6.01. The first-order chi connectivity index (χ1) is 14.3. The lowest BCUT2D eigenvalue weighted by Crippen LogP contribution is -2.31. The number of aliphatic hydroxyl groups is 1. The number of ether oxygens (including phenoxy) is 2. The van der Waals surface area contributed by atoms with Crippen LogP contribution in [0.15, 0.2) is 47.7 Å². The Hall–Kier alpha value is -3.48. The van der Waals surface area contributed by atoms with Gasteiger partial charge in [0.2, 0.25) is 0 Å². The maximum Gasteiger partial charge on any atom is 0.294 e. The van der Waals surface area contributed by atoms with Crippen LogP contribution in [0.4, 0.5) is 5.69 Å². The van der Waals surface area contributed by atoms with Crippen LogP contribution in [0.1, 0.15) is 37.4 Å². The summed E-state index contributed by atoms with van der Waals surface area (Å²) >= 11 is 0. The maximum atomic E-state index is 13.0. The third-order valence-electron chi connectivity index (χ3n) is 5.02. The number of phenols is 1. The van der Waals surface area contributed by atoms with Crippen molar-refractivity contribution < 1.29 is 29.3 Å². The van der Waals surface area contributed by atoms with Crippen molar-refractivity contribution in [2.24, 2.45) is 0 Å². The summed E-state index contributed by atoms with van der Waals surface area (Å²) in [5.74, 6) is -0.878. The van der Waals surface area contributed by atoms with Crippen LogP contribution in [0.3, 0.4) is 0 Å². The first-order valence-corrected chi connectivity index (χ1v) is 9.74. The van der Waals surface area contributed by atoms with Crippen molar-refractivity contribution in [2.75, 3.05) is 18.6 Å². The molecular weight excluding hydrogens is 386 g/mol. The molecule has 7 nitrogen and oxygen atoms in total. The maximum absolute atomic E-state index is 13.0. The molecule has 158 valence electrons. The minimum Gasteiger partial charge on any atom is -0.506 e. The van der Waals surface area contributed by atoms with E-state index in [9.17, 15) is 19.8 Å². The van der Waals surface area contributed by atoms with Crippen LogP contribution in [0.2, 0.25) is 0 Å². The van der Waals surface area contributed by atoms with Gasteiger partial charge in [-0.15, -0.1) is 0 Å². The van der Waals surface area contributed by atoms with Gasteiger partial charge in [-0.3, -0.25) is 14.5 Å². The molecule has 0 aromatic heterocycles. The molecule has 2 aromatic rings. The Bertz CT molecular complexity index is 1030. The van der Waals surface area contributed by atoms with Gasteiger partial charge in [0.25, 0.3) is 5.91 Å². The summed E-state index contributed by atoms with van der Waals surface area (Å²) in [7, 11) is 1.52. The Morgan fingerprint density at radius 3 is 2.47 bits per heavy atom. The van der Waals surface area contributed by atoms with Gasteiger partial charge in [0.1, 0.15) is 5.75 Å². The number of anilines is 1. The summed E-state index contributed by atoms with van der Waals surface area (Å²) in [6, 6.07) is 8.99. The molecule has 1 atom stereocenters. The highest BCUT2D eigenvalue weighted by molar-refractivity contribution is 6.17. The average Bonchev–Trinajstić information content (AvgIpc) is 3.00. The molecule has 0 aliphatic carbocycles. The number of carbonyl (C=O) groups excluding carboxylic acids is 2. The zero-order valence-corrected chi connectivity index (χ0v) is 17.4. The molecule has 0 spiro atoms. The zero-order chi connectivity index (χ0) is 22.0. The number of aryl methyl sites for hydroxylation is 1. The summed E-state index contributed by atoms with van der Waals surface area (Å²) in [5, 5.41) is 21.0. The fourth-order valence-electron chi connectivity index (χ4n) is 3.60. The Balaban J connectivity index is 2.24. The van der Waals surface area contributed by atoms with E-state index in [1.165, 1.54) is 18.1 Å². The number of benzene rings is 2. The number of rotatable bonds is 7. The lowest BCUT2D eigenvalue weighted by molar-refractivity contribution is -0.118. The van der Waals surface area contributed by atoms with E-state index >= 15 is 0 Å². The van der Waals surface area contributed by atoms with E-state index in [1.54, 1.807) is 37.3 Å². The first-order valence-electron chi connectivity index (χ1n) is 9.74. The lowest BCUT2D eigenvalue weighted by atomic mass is 9.94. The van der Waals surface area contributed by atoms with E-state index in [0.717, 1.165) is 5.56 Å². The molecule has 1 aliphatic rings. The molecule has 0 saturated carbocycles. The Morgan fingerprint density at radius 1 is 1.10 bits per heavy atom. The molecule has 1 aliphatic heterocycles. The van der Waals surface area contributed by atoms with Gasteiger partial charge in [-0.2, -0.15) is 0 Å². The highest BCUT2D eigenvalue weighted by Crippen LogP contribution is 2.45. The second kappa shape index (κ2) is 8.49. The smallest absolute Gasteiger partial charge is 0.294 e. The summed E-state index contributed by atoms with van der Waals surface area (Å²) < 4.78 is 11.0. The predicted octanol–water partition coefficient (Wildman–Crippen LogP) is 3.99. The number of carbonyl (C=O) groups is 2. The van der Waals surface area contributed by atoms with Crippen molar-refractivity contribution in [1.29, 1.82) is 0 Å². The molecule has 2 N–H and O–H groups in total. The van der Waals surface area contributed by atoms with Crippen LogP contribution in [-0.4, -0.2) is 35.6 Å². The van der Waals surface area contributed by atoms with Crippen molar-refractivity contribution in [3.05, 3.63) is 58.9 Å². The van der Waals surface area contributed by atoms with Gasteiger partial charge in [-0.25, -0.2) is 0 Å². The number of nitrogens with zero attached hydrogens (tertiary/aromatic N) is 1. The number of methoxy groups -OCH3 is 1. The lowest BCUT2D eigenvalue weighted by Gasteiger charge is -2.28. The highest BCUT2D eigenvalue weighted by Gasteiger charge is 2.45. The first kappa shape index (κ1) is 21.2. The van der Waals surface area contributed by atoms with Gasteiger partial charge in [-0.1, -0.05) is 19.1 Å². The zero-order valence-electron chi connectivity index (χ0n) is 17.4. The standard InChI is InChI=1S/C23H25NO6/c1-5-16(25)20-21(14-8-10-18(29-4)19(12-14)30-6-2)24(23(28)22(20)27)15-11-13(3)7-9-17(15)26/h7-12,21,26-27H,5-6H2,1-4H3. The number of aliphatic hydroxyl groups excluding tert-OH is 1. The quantitative estimate of drug-likeness (QED) is 0.715. The van der Waals surface area contributed by atoms with Gasteiger partial charge in [-0.05, 0) is 49.2 Å². The van der Waals surface area contributed by atoms with Gasteiger partial charge in [0, 0.05) is 6.42 Å². The number of amides is 1. The molecule has 1 unspecified atom stereocenters. The van der Waals surface area contributed by atoms with Gasteiger partial charge >= 0.3 is 0 Å². The van der Waals surface area contributed by atoms with Crippen molar-refractivity contribution >= 4 is 17.4 Å². The van der Waals surface area contributed by atoms with E-state index in [-0.39, 0.29) is 29.2 Å². The second-order valence-electron chi connectivity index (χ2n) is 6.95. The molecule has 7 heteroatoms. The van der Waals surface area contributed by atoms with Crippen LogP contribution in [0, 0.1) is 6.92 Å². The van der Waals surface area contributed by atoms with Crippen molar-refractivity contribution in [3.63, 3.8) is 0 Å². The molecule has 3 rings (SSSR count). The summed E-state index contributed by atoms with van der Waals surface area (Å²) in [6.07, 6.45) is 0.116. The molecule has 1 heterocycles. The number of hydrogen-bond donors (Lipinski definition) is 2. The van der Waals surface area contributed by atoms with E-state index < -0.39 is 17.7 Å². The molecule has 0 fully saturated rings. The van der Waals surface area contributed by atoms with Gasteiger partial charge in [0.05, 0.1) is 31.0 Å². The largest absolute Gasteiger partial charge is 0.506 e. The third-order valence-corrected chi connectivity index (χ3v) is 5.02. The molecular formula is C23H25NO6. The van der Waals surface area contributed by atoms with Gasteiger partial charge in [0.15, 0.2) is 23.0 Å². The van der Waals surface area contributed by atoms with Crippen molar-refractivity contribution in [1.82, 2.24) is 0 Å². The Morgan fingerprint density at radius 2 is 1.83 bits per heavy atom. The van der Waals surface area contributed by atoms with Crippen LogP contribution in [0.25, 0.3) is 0 Å². The second-order valence-corrected chi connectivity index (χ2v) is 6.95.